The lowest BCUT2D eigenvalue weighted by Crippen LogP contribution is -2.58. The average Bonchev–Trinajstić information content (AvgIpc) is 2.86. The van der Waals surface area contributed by atoms with E-state index in [0.717, 1.165) is 0 Å². The maximum atomic E-state index is 13.4. The first-order valence-corrected chi connectivity index (χ1v) is 13.3. The fraction of sp³-hybridized carbons (Fsp3) is 0.630. The number of carboxylic acids is 1. The molecule has 214 valence electrons. The quantitative estimate of drug-likeness (QED) is 0.143. The second kappa shape index (κ2) is 16.6. The van der Waals surface area contributed by atoms with Gasteiger partial charge in [0.05, 0.1) is 6.04 Å². The number of aliphatic carboxylic acids is 1. The number of rotatable bonds is 17. The minimum absolute atomic E-state index is 0.0590. The topological polar surface area (TPSA) is 197 Å². The van der Waals surface area contributed by atoms with Crippen molar-refractivity contribution in [2.75, 3.05) is 6.54 Å². The number of hydrogen-bond acceptors (Lipinski definition) is 7. The number of benzene rings is 1. The Morgan fingerprint density at radius 2 is 1.47 bits per heavy atom. The highest BCUT2D eigenvalue weighted by atomic mass is 16.4. The summed E-state index contributed by atoms with van der Waals surface area (Å²) < 4.78 is 0. The van der Waals surface area contributed by atoms with Crippen molar-refractivity contribution in [2.24, 2.45) is 23.3 Å². The van der Waals surface area contributed by atoms with Crippen LogP contribution in [0, 0.1) is 11.8 Å². The highest BCUT2D eigenvalue weighted by Gasteiger charge is 2.32. The van der Waals surface area contributed by atoms with Crippen molar-refractivity contribution < 1.29 is 29.4 Å². The van der Waals surface area contributed by atoms with E-state index in [-0.39, 0.29) is 30.4 Å². The minimum Gasteiger partial charge on any atom is -0.508 e. The molecule has 3 amide bonds. The molecule has 0 spiro atoms. The van der Waals surface area contributed by atoms with Gasteiger partial charge < -0.3 is 37.6 Å². The van der Waals surface area contributed by atoms with Crippen LogP contribution in [-0.4, -0.2) is 64.6 Å². The number of hydrogen-bond donors (Lipinski definition) is 7. The van der Waals surface area contributed by atoms with Crippen LogP contribution in [0.3, 0.4) is 0 Å². The molecule has 5 unspecified atom stereocenters. The van der Waals surface area contributed by atoms with Gasteiger partial charge in [-0.05, 0) is 61.8 Å². The van der Waals surface area contributed by atoms with E-state index in [0.29, 0.717) is 37.8 Å². The third-order valence-electron chi connectivity index (χ3n) is 6.43. The summed E-state index contributed by atoms with van der Waals surface area (Å²) in [5.74, 6) is -2.96. The van der Waals surface area contributed by atoms with E-state index >= 15 is 0 Å². The third-order valence-corrected chi connectivity index (χ3v) is 6.43. The molecule has 0 aromatic heterocycles. The number of aromatic hydroxyl groups is 1. The fourth-order valence-electron chi connectivity index (χ4n) is 3.94. The van der Waals surface area contributed by atoms with Gasteiger partial charge in [0.25, 0.3) is 0 Å². The van der Waals surface area contributed by atoms with Gasteiger partial charge >= 0.3 is 5.97 Å². The normalized spacial score (nSPS) is 15.1. The average molecular weight is 536 g/mol. The van der Waals surface area contributed by atoms with Crippen LogP contribution in [0.5, 0.6) is 5.75 Å². The van der Waals surface area contributed by atoms with Gasteiger partial charge in [-0.2, -0.15) is 0 Å². The van der Waals surface area contributed by atoms with Crippen molar-refractivity contribution in [1.29, 1.82) is 0 Å². The van der Waals surface area contributed by atoms with Gasteiger partial charge in [-0.25, -0.2) is 4.79 Å². The number of amides is 3. The smallest absolute Gasteiger partial charge is 0.326 e. The molecule has 1 aromatic rings. The number of nitrogens with two attached hydrogens (primary N) is 2. The first-order chi connectivity index (χ1) is 17.9. The summed E-state index contributed by atoms with van der Waals surface area (Å²) in [5, 5.41) is 27.1. The van der Waals surface area contributed by atoms with E-state index in [2.05, 4.69) is 16.0 Å². The Kier molecular flexibility index (Phi) is 14.4. The van der Waals surface area contributed by atoms with Crippen LogP contribution in [0.25, 0.3) is 0 Å². The number of unbranched alkanes of at least 4 members (excludes halogenated alkanes) is 1. The third kappa shape index (κ3) is 11.5. The zero-order chi connectivity index (χ0) is 28.8. The summed E-state index contributed by atoms with van der Waals surface area (Å²) in [6.45, 7) is 7.82. The standard InChI is InChI=1S/C27H45N5O6/c1-5-17(4)23(27(37)38)32-25(35)21(8-6-7-13-28)30-26(36)22(15-18-9-11-19(33)12-10-18)31-24(34)20(29)14-16(2)3/h9-12,16-17,20-23,33H,5-8,13-15,28-29H2,1-4H3,(H,30,36)(H,31,34)(H,32,35)(H,37,38). The summed E-state index contributed by atoms with van der Waals surface area (Å²) in [7, 11) is 0. The van der Waals surface area contributed by atoms with Crippen LogP contribution >= 0.6 is 0 Å². The number of carbonyl (C=O) groups is 4. The van der Waals surface area contributed by atoms with Gasteiger partial charge in [0.2, 0.25) is 17.7 Å². The minimum atomic E-state index is -1.16. The first-order valence-electron chi connectivity index (χ1n) is 13.3. The molecule has 38 heavy (non-hydrogen) atoms. The van der Waals surface area contributed by atoms with Crippen molar-refractivity contribution in [3.05, 3.63) is 29.8 Å². The van der Waals surface area contributed by atoms with Crippen molar-refractivity contribution in [1.82, 2.24) is 16.0 Å². The van der Waals surface area contributed by atoms with E-state index < -0.39 is 47.9 Å². The van der Waals surface area contributed by atoms with Gasteiger partial charge in [-0.3, -0.25) is 14.4 Å². The number of phenolic OH excluding ortho intramolecular Hbond substituents is 1. The zero-order valence-corrected chi connectivity index (χ0v) is 22.9. The van der Waals surface area contributed by atoms with Crippen LogP contribution in [0.1, 0.15) is 65.4 Å². The van der Waals surface area contributed by atoms with Crippen LogP contribution in [0.2, 0.25) is 0 Å². The molecule has 0 fully saturated rings. The predicted molar refractivity (Wildman–Crippen MR) is 145 cm³/mol. The lowest BCUT2D eigenvalue weighted by atomic mass is 9.98. The number of phenols is 1. The second-order valence-electron chi connectivity index (χ2n) is 10.2. The molecule has 11 heteroatoms. The lowest BCUT2D eigenvalue weighted by Gasteiger charge is -2.27. The molecule has 9 N–H and O–H groups in total. The molecule has 5 atom stereocenters. The Morgan fingerprint density at radius 1 is 0.895 bits per heavy atom. The molecule has 0 radical (unpaired) electrons. The molecule has 0 aliphatic heterocycles. The van der Waals surface area contributed by atoms with E-state index in [4.69, 9.17) is 11.5 Å². The molecule has 0 saturated carbocycles. The van der Waals surface area contributed by atoms with E-state index in [9.17, 15) is 29.4 Å². The van der Waals surface area contributed by atoms with Crippen molar-refractivity contribution in [3.8, 4) is 5.75 Å². The Balaban J connectivity index is 3.16. The van der Waals surface area contributed by atoms with Gasteiger partial charge in [-0.15, -0.1) is 0 Å². The molecule has 0 aliphatic rings. The number of carbonyl (C=O) groups excluding carboxylic acids is 3. The first kappa shape index (κ1) is 32.8. The molecule has 1 aromatic carbocycles. The Bertz CT molecular complexity index is 908. The molecule has 1 rings (SSSR count). The summed E-state index contributed by atoms with van der Waals surface area (Å²) in [6, 6.07) is 2.20. The monoisotopic (exact) mass is 535 g/mol. The molecule has 0 saturated heterocycles. The molecule has 0 aliphatic carbocycles. The summed E-state index contributed by atoms with van der Waals surface area (Å²) in [4.78, 5) is 51.1. The van der Waals surface area contributed by atoms with Crippen molar-refractivity contribution >= 4 is 23.7 Å². The molecule has 11 nitrogen and oxygen atoms in total. The predicted octanol–water partition coefficient (Wildman–Crippen LogP) is 1.02. The molecular formula is C27H45N5O6. The summed E-state index contributed by atoms with van der Waals surface area (Å²) in [6.07, 6.45) is 2.45. The number of carboxylic acid groups (broad SMARTS) is 1. The summed E-state index contributed by atoms with van der Waals surface area (Å²) >= 11 is 0. The Morgan fingerprint density at radius 3 is 2.00 bits per heavy atom. The second-order valence-corrected chi connectivity index (χ2v) is 10.2. The summed E-state index contributed by atoms with van der Waals surface area (Å²) in [5.41, 5.74) is 12.3. The maximum absolute atomic E-state index is 13.4. The van der Waals surface area contributed by atoms with E-state index in [1.807, 2.05) is 20.8 Å². The van der Waals surface area contributed by atoms with Gasteiger partial charge in [-0.1, -0.05) is 46.2 Å². The molecular weight excluding hydrogens is 490 g/mol. The van der Waals surface area contributed by atoms with Crippen molar-refractivity contribution in [2.45, 2.75) is 90.4 Å². The fourth-order valence-corrected chi connectivity index (χ4v) is 3.94. The molecule has 0 heterocycles. The highest BCUT2D eigenvalue weighted by molar-refractivity contribution is 5.94. The van der Waals surface area contributed by atoms with Crippen molar-refractivity contribution in [3.63, 3.8) is 0 Å². The van der Waals surface area contributed by atoms with E-state index in [1.165, 1.54) is 12.1 Å². The van der Waals surface area contributed by atoms with E-state index in [1.54, 1.807) is 19.1 Å². The maximum Gasteiger partial charge on any atom is 0.326 e. The highest BCUT2D eigenvalue weighted by Crippen LogP contribution is 2.13. The number of nitrogens with one attached hydrogen (secondary N) is 3. The van der Waals surface area contributed by atoms with Crippen LogP contribution in [0.15, 0.2) is 24.3 Å². The van der Waals surface area contributed by atoms with Crippen LogP contribution in [-0.2, 0) is 25.6 Å². The Hall–Kier alpha value is -3.18. The Labute approximate surface area is 225 Å². The SMILES string of the molecule is CCC(C)C(NC(=O)C(CCCCN)NC(=O)C(Cc1ccc(O)cc1)NC(=O)C(N)CC(C)C)C(=O)O. The lowest BCUT2D eigenvalue weighted by molar-refractivity contribution is -0.144. The van der Waals surface area contributed by atoms with Gasteiger partial charge in [0.1, 0.15) is 23.9 Å². The zero-order valence-electron chi connectivity index (χ0n) is 22.9. The van der Waals surface area contributed by atoms with Crippen LogP contribution < -0.4 is 27.4 Å². The molecule has 0 bridgehead atoms. The van der Waals surface area contributed by atoms with Crippen LogP contribution in [0.4, 0.5) is 0 Å². The van der Waals surface area contributed by atoms with Gasteiger partial charge in [0, 0.05) is 6.42 Å². The van der Waals surface area contributed by atoms with Gasteiger partial charge in [0.15, 0.2) is 0 Å². The largest absolute Gasteiger partial charge is 0.508 e.